The number of carboxylic acids is 1. The Balaban J connectivity index is 0. The van der Waals surface area contributed by atoms with Gasteiger partial charge in [-0.25, -0.2) is 4.79 Å². The molecule has 0 heterocycles. The molecule has 0 rings (SSSR count). The van der Waals surface area contributed by atoms with Crippen molar-refractivity contribution in [2.24, 2.45) is 0 Å². The molecule has 0 aromatic carbocycles. The van der Waals surface area contributed by atoms with Crippen molar-refractivity contribution in [1.82, 2.24) is 0 Å². The zero-order valence-electron chi connectivity index (χ0n) is 6.32. The van der Waals surface area contributed by atoms with Crippen LogP contribution in [0, 0.1) is 0 Å². The first-order chi connectivity index (χ1) is 5.75. The van der Waals surface area contributed by atoms with E-state index in [1.165, 1.54) is 0 Å². The second-order valence-electron chi connectivity index (χ2n) is 1.82. The van der Waals surface area contributed by atoms with E-state index in [2.05, 4.69) is 0 Å². The van der Waals surface area contributed by atoms with E-state index in [4.69, 9.17) is 55.2 Å². The van der Waals surface area contributed by atoms with Gasteiger partial charge in [-0.1, -0.05) is 34.8 Å². The maximum Gasteiger partial charge on any atom is 0.356 e. The molecule has 0 spiro atoms. The Morgan fingerprint density at radius 3 is 1.46 bits per heavy atom. The fourth-order valence-electron chi connectivity index (χ4n) is 0.0577. The van der Waals surface area contributed by atoms with E-state index < -0.39 is 15.9 Å². The average Bonchev–Trinajstić information content (AvgIpc) is 2.02. The van der Waals surface area contributed by atoms with Crippen molar-refractivity contribution in [3.05, 3.63) is 0 Å². The molecular weight excluding hydrogens is 246 g/mol. The summed E-state index contributed by atoms with van der Waals surface area (Å²) in [6.45, 7) is -0.729. The lowest BCUT2D eigenvalue weighted by Crippen LogP contribution is -2.16. The third-order valence-corrected chi connectivity index (χ3v) is 1.15. The molecule has 13 heavy (non-hydrogen) atoms. The lowest BCUT2D eigenvalue weighted by Gasteiger charge is -1.99. The molecule has 0 unspecified atom stereocenters. The van der Waals surface area contributed by atoms with Gasteiger partial charge in [0.1, 0.15) is 6.10 Å². The molecule has 4 N–H and O–H groups in total. The van der Waals surface area contributed by atoms with Crippen LogP contribution in [-0.2, 0) is 4.79 Å². The minimum atomic E-state index is -2.17. The number of aliphatic hydroxyl groups excluding tert-OH is 3. The van der Waals surface area contributed by atoms with Crippen LogP contribution >= 0.6 is 34.8 Å². The first-order valence-corrected chi connectivity index (χ1v) is 4.09. The summed E-state index contributed by atoms with van der Waals surface area (Å²) in [6.07, 6.45) is -0.954. The van der Waals surface area contributed by atoms with E-state index in [1.54, 1.807) is 0 Å². The Bertz CT molecular complexity index is 142. The van der Waals surface area contributed by atoms with Crippen LogP contribution in [0.3, 0.4) is 0 Å². The third-order valence-electron chi connectivity index (χ3n) is 0.664. The number of hydrogen-bond donors (Lipinski definition) is 4. The zero-order valence-corrected chi connectivity index (χ0v) is 8.59. The Hall–Kier alpha value is 0.220. The third kappa shape index (κ3) is 12.2. The second kappa shape index (κ2) is 7.61. The smallest absolute Gasteiger partial charge is 0.356 e. The average molecular weight is 255 g/mol. The molecule has 0 saturated carbocycles. The van der Waals surface area contributed by atoms with Gasteiger partial charge >= 0.3 is 5.97 Å². The van der Waals surface area contributed by atoms with Crippen molar-refractivity contribution in [2.75, 3.05) is 13.2 Å². The minimum Gasteiger partial charge on any atom is -0.478 e. The predicted molar refractivity (Wildman–Crippen MR) is 48.1 cm³/mol. The van der Waals surface area contributed by atoms with Crippen LogP contribution in [0.15, 0.2) is 0 Å². The highest BCUT2D eigenvalue weighted by atomic mass is 35.6. The highest BCUT2D eigenvalue weighted by Gasteiger charge is 2.29. The van der Waals surface area contributed by atoms with Gasteiger partial charge in [0.15, 0.2) is 0 Å². The summed E-state index contributed by atoms with van der Waals surface area (Å²) < 4.78 is -2.17. The van der Waals surface area contributed by atoms with Crippen molar-refractivity contribution >= 4 is 40.8 Å². The van der Waals surface area contributed by atoms with Crippen LogP contribution in [0.5, 0.6) is 0 Å². The molecule has 0 aliphatic carbocycles. The van der Waals surface area contributed by atoms with E-state index >= 15 is 0 Å². The van der Waals surface area contributed by atoms with Crippen LogP contribution in [0.1, 0.15) is 0 Å². The number of carbonyl (C=O) groups is 1. The van der Waals surface area contributed by atoms with Gasteiger partial charge in [0.05, 0.1) is 13.2 Å². The summed E-state index contributed by atoms with van der Waals surface area (Å²) in [6, 6.07) is 0. The zero-order chi connectivity index (χ0) is 11.1. The van der Waals surface area contributed by atoms with Crippen molar-refractivity contribution < 1.29 is 25.2 Å². The summed E-state index contributed by atoms with van der Waals surface area (Å²) in [4.78, 5) is 9.62. The predicted octanol–water partition coefficient (Wildman–Crippen LogP) is -0.227. The van der Waals surface area contributed by atoms with Gasteiger partial charge in [0.2, 0.25) is 0 Å². The SMILES string of the molecule is O=C(O)C(Cl)(Cl)Cl.OCC(O)CO. The summed E-state index contributed by atoms with van der Waals surface area (Å²) in [7, 11) is 0. The van der Waals surface area contributed by atoms with Gasteiger partial charge in [0.25, 0.3) is 3.79 Å². The van der Waals surface area contributed by atoms with Crippen molar-refractivity contribution in [1.29, 1.82) is 0 Å². The first kappa shape index (κ1) is 15.7. The summed E-state index contributed by atoms with van der Waals surface area (Å²) >= 11 is 14.4. The van der Waals surface area contributed by atoms with Gasteiger partial charge < -0.3 is 20.4 Å². The molecule has 8 heteroatoms. The van der Waals surface area contributed by atoms with E-state index in [0.717, 1.165) is 0 Å². The Labute approximate surface area is 89.5 Å². The quantitative estimate of drug-likeness (QED) is 0.511. The highest BCUT2D eigenvalue weighted by Crippen LogP contribution is 2.25. The normalized spacial score (nSPS) is 10.7. The largest absolute Gasteiger partial charge is 0.478 e. The van der Waals surface area contributed by atoms with E-state index in [9.17, 15) is 4.79 Å². The Morgan fingerprint density at radius 1 is 1.23 bits per heavy atom. The van der Waals surface area contributed by atoms with Crippen molar-refractivity contribution in [2.45, 2.75) is 9.90 Å². The number of rotatable bonds is 2. The first-order valence-electron chi connectivity index (χ1n) is 2.95. The van der Waals surface area contributed by atoms with Gasteiger partial charge in [-0.15, -0.1) is 0 Å². The molecule has 0 aromatic heterocycles. The topological polar surface area (TPSA) is 98.0 Å². The number of carboxylic acid groups (broad SMARTS) is 1. The maximum atomic E-state index is 9.62. The molecule has 5 nitrogen and oxygen atoms in total. The van der Waals surface area contributed by atoms with Gasteiger partial charge in [-0.05, 0) is 0 Å². The van der Waals surface area contributed by atoms with E-state index in [1.807, 2.05) is 0 Å². The molecule has 0 aliphatic rings. The van der Waals surface area contributed by atoms with Gasteiger partial charge in [-0.2, -0.15) is 0 Å². The Kier molecular flexibility index (Phi) is 9.18. The van der Waals surface area contributed by atoms with Gasteiger partial charge in [-0.3, -0.25) is 0 Å². The molecular formula is C5H9Cl3O5. The number of aliphatic hydroxyl groups is 3. The molecule has 80 valence electrons. The molecule has 0 atom stereocenters. The minimum absolute atomic E-state index is 0.365. The number of hydrogen-bond acceptors (Lipinski definition) is 4. The number of alkyl halides is 3. The van der Waals surface area contributed by atoms with Crippen molar-refractivity contribution in [3.8, 4) is 0 Å². The fraction of sp³-hybridized carbons (Fsp3) is 0.800. The van der Waals surface area contributed by atoms with Crippen LogP contribution < -0.4 is 0 Å². The lowest BCUT2D eigenvalue weighted by molar-refractivity contribution is -0.135. The van der Waals surface area contributed by atoms with Crippen molar-refractivity contribution in [3.63, 3.8) is 0 Å². The summed E-state index contributed by atoms with van der Waals surface area (Å²) in [5, 5.41) is 31.9. The lowest BCUT2D eigenvalue weighted by atomic mass is 10.4. The van der Waals surface area contributed by atoms with E-state index in [-0.39, 0.29) is 13.2 Å². The highest BCUT2D eigenvalue weighted by molar-refractivity contribution is 6.75. The molecule has 0 radical (unpaired) electrons. The second-order valence-corrected chi connectivity index (χ2v) is 4.10. The molecule has 0 amide bonds. The molecule has 0 saturated heterocycles. The van der Waals surface area contributed by atoms with Crippen LogP contribution in [-0.4, -0.2) is 49.5 Å². The van der Waals surface area contributed by atoms with Crippen LogP contribution in [0.4, 0.5) is 0 Å². The fourth-order valence-corrected chi connectivity index (χ4v) is 0.0577. The number of aliphatic carboxylic acids is 1. The number of halogens is 3. The maximum absolute atomic E-state index is 9.62. The summed E-state index contributed by atoms with van der Waals surface area (Å²) in [5.41, 5.74) is 0. The molecule has 0 fully saturated rings. The summed E-state index contributed by atoms with van der Waals surface area (Å²) in [5.74, 6) is -1.46. The molecule has 0 aliphatic heterocycles. The molecule has 0 bridgehead atoms. The van der Waals surface area contributed by atoms with Crippen LogP contribution in [0.2, 0.25) is 0 Å². The van der Waals surface area contributed by atoms with Gasteiger partial charge in [0, 0.05) is 0 Å². The monoisotopic (exact) mass is 254 g/mol. The Morgan fingerprint density at radius 2 is 1.46 bits per heavy atom. The molecule has 0 aromatic rings. The van der Waals surface area contributed by atoms with E-state index in [0.29, 0.717) is 0 Å². The standard InChI is InChI=1S/C3H8O3.C2HCl3O2/c4-1-3(6)2-5;3-2(4,5)1(6)7/h3-6H,1-2H2;(H,6,7). The van der Waals surface area contributed by atoms with Crippen LogP contribution in [0.25, 0.3) is 0 Å².